The smallest absolute Gasteiger partial charge is 0.399 e. The molecule has 7 nitrogen and oxygen atoms in total. The molecule has 0 bridgehead atoms. The Labute approximate surface area is 186 Å². The second-order valence-corrected chi connectivity index (χ2v) is 9.92. The van der Waals surface area contributed by atoms with Crippen molar-refractivity contribution < 1.29 is 14.3 Å². The second kappa shape index (κ2) is 9.34. The van der Waals surface area contributed by atoms with E-state index in [1.54, 1.807) is 38.1 Å². The lowest BCUT2D eigenvalue weighted by atomic mass is 10.0. The van der Waals surface area contributed by atoms with Crippen LogP contribution in [0, 0.1) is 0 Å². The van der Waals surface area contributed by atoms with E-state index in [2.05, 4.69) is 32.0 Å². The largest absolute Gasteiger partial charge is 0.414 e. The zero-order valence-corrected chi connectivity index (χ0v) is 19.2. The second-order valence-electron chi connectivity index (χ2n) is 7.09. The van der Waals surface area contributed by atoms with Gasteiger partial charge in [0.05, 0.1) is 14.5 Å². The molecule has 2 aromatic rings. The van der Waals surface area contributed by atoms with E-state index in [-0.39, 0.29) is 5.91 Å². The van der Waals surface area contributed by atoms with Crippen molar-refractivity contribution in [3.8, 4) is 5.06 Å². The van der Waals surface area contributed by atoms with Crippen molar-refractivity contribution >= 4 is 62.2 Å². The standard InChI is InChI=1S/C19H22BrClN4O3S/c1-19(2,24-18(27)28-16-8-7-15(20)29-16)17(26)23-12-5-6-14(13(21)11-12)25-10-4-3-9-22-25/h5-8,11,22H,3-4,9-10H2,1-2H3,(H,23,26)(H,24,27). The van der Waals surface area contributed by atoms with Gasteiger partial charge in [0, 0.05) is 18.8 Å². The molecule has 1 aromatic heterocycles. The SMILES string of the molecule is CC(C)(NC(=O)Oc1ccc(Br)s1)C(=O)Nc1ccc(N2CCCCN2)c(Cl)c1. The molecule has 0 unspecified atom stereocenters. The molecule has 0 saturated carbocycles. The van der Waals surface area contributed by atoms with Gasteiger partial charge in [-0.1, -0.05) is 22.9 Å². The van der Waals surface area contributed by atoms with Crippen LogP contribution in [0.25, 0.3) is 0 Å². The van der Waals surface area contributed by atoms with Crippen LogP contribution in [-0.4, -0.2) is 30.6 Å². The number of hydrogen-bond acceptors (Lipinski definition) is 6. The Morgan fingerprint density at radius 2 is 2.07 bits per heavy atom. The molecule has 10 heteroatoms. The third kappa shape index (κ3) is 5.85. The van der Waals surface area contributed by atoms with E-state index in [9.17, 15) is 9.59 Å². The summed E-state index contributed by atoms with van der Waals surface area (Å²) in [4.78, 5) is 24.8. The number of halogens is 2. The minimum atomic E-state index is -1.19. The molecule has 0 aliphatic carbocycles. The fourth-order valence-electron chi connectivity index (χ4n) is 2.77. The maximum absolute atomic E-state index is 12.7. The number of nitrogens with zero attached hydrogens (tertiary/aromatic N) is 1. The monoisotopic (exact) mass is 500 g/mol. The van der Waals surface area contributed by atoms with Gasteiger partial charge in [0.25, 0.3) is 0 Å². The van der Waals surface area contributed by atoms with Crippen LogP contribution in [0.5, 0.6) is 5.06 Å². The summed E-state index contributed by atoms with van der Waals surface area (Å²) in [5.41, 5.74) is 3.53. The average molecular weight is 502 g/mol. The van der Waals surface area contributed by atoms with Crippen LogP contribution in [0.2, 0.25) is 5.02 Å². The van der Waals surface area contributed by atoms with Gasteiger partial charge in [-0.25, -0.2) is 10.2 Å². The Bertz CT molecular complexity index is 899. The summed E-state index contributed by atoms with van der Waals surface area (Å²) in [5.74, 6) is -0.387. The fourth-order valence-corrected chi connectivity index (χ4v) is 4.24. The van der Waals surface area contributed by atoms with Gasteiger partial charge >= 0.3 is 6.09 Å². The Kier molecular flexibility index (Phi) is 7.05. The summed E-state index contributed by atoms with van der Waals surface area (Å²) in [6.45, 7) is 4.99. The van der Waals surface area contributed by atoms with Crippen molar-refractivity contribution in [3.05, 3.63) is 39.1 Å². The predicted molar refractivity (Wildman–Crippen MR) is 120 cm³/mol. The highest BCUT2D eigenvalue weighted by Gasteiger charge is 2.31. The zero-order valence-electron chi connectivity index (χ0n) is 16.1. The molecule has 156 valence electrons. The Morgan fingerprint density at radius 1 is 1.28 bits per heavy atom. The van der Waals surface area contributed by atoms with Crippen molar-refractivity contribution in [3.63, 3.8) is 0 Å². The molecular formula is C19H22BrClN4O3S. The molecule has 1 saturated heterocycles. The number of hydrogen-bond donors (Lipinski definition) is 3. The molecule has 0 radical (unpaired) electrons. The van der Waals surface area contributed by atoms with Gasteiger partial charge in [-0.05, 0) is 73.0 Å². The van der Waals surface area contributed by atoms with Crippen molar-refractivity contribution in [1.29, 1.82) is 0 Å². The van der Waals surface area contributed by atoms with E-state index in [1.165, 1.54) is 11.3 Å². The van der Waals surface area contributed by atoms with Crippen LogP contribution in [0.1, 0.15) is 26.7 Å². The molecule has 0 atom stereocenters. The molecule has 1 aromatic carbocycles. The molecule has 1 fully saturated rings. The first-order valence-corrected chi connectivity index (χ1v) is 11.1. The normalized spacial score (nSPS) is 14.4. The van der Waals surface area contributed by atoms with Gasteiger partial charge in [0.2, 0.25) is 5.91 Å². The van der Waals surface area contributed by atoms with Crippen molar-refractivity contribution in [1.82, 2.24) is 10.7 Å². The fraction of sp³-hybridized carbons (Fsp3) is 0.368. The number of hydrazine groups is 1. The molecule has 0 spiro atoms. The topological polar surface area (TPSA) is 82.7 Å². The zero-order chi connectivity index (χ0) is 21.0. The molecule has 3 rings (SSSR count). The number of ether oxygens (including phenoxy) is 1. The van der Waals surface area contributed by atoms with Crippen molar-refractivity contribution in [2.24, 2.45) is 0 Å². The maximum Gasteiger partial charge on any atom is 0.414 e. The number of benzene rings is 1. The van der Waals surface area contributed by atoms with Gasteiger partial charge in [0.15, 0.2) is 5.06 Å². The number of rotatable bonds is 5. The molecule has 3 N–H and O–H groups in total. The Balaban J connectivity index is 1.60. The summed E-state index contributed by atoms with van der Waals surface area (Å²) >= 11 is 11.0. The summed E-state index contributed by atoms with van der Waals surface area (Å²) in [7, 11) is 0. The van der Waals surface area contributed by atoms with Gasteiger partial charge in [-0.3, -0.25) is 4.79 Å². The van der Waals surface area contributed by atoms with E-state index < -0.39 is 11.6 Å². The lowest BCUT2D eigenvalue weighted by Gasteiger charge is -2.30. The molecule has 2 amide bonds. The first-order chi connectivity index (χ1) is 13.7. The minimum Gasteiger partial charge on any atom is -0.399 e. The third-order valence-corrected chi connectivity index (χ3v) is 6.14. The number of amides is 2. The van der Waals surface area contributed by atoms with Gasteiger partial charge < -0.3 is 20.4 Å². The number of thiophene rings is 1. The van der Waals surface area contributed by atoms with Crippen LogP contribution >= 0.6 is 38.9 Å². The quantitative estimate of drug-likeness (QED) is 0.549. The average Bonchev–Trinajstić information content (AvgIpc) is 3.06. The van der Waals surface area contributed by atoms with Crippen LogP contribution < -0.4 is 25.8 Å². The van der Waals surface area contributed by atoms with E-state index in [0.29, 0.717) is 15.8 Å². The van der Waals surface area contributed by atoms with E-state index in [1.807, 2.05) is 11.1 Å². The van der Waals surface area contributed by atoms with Crippen LogP contribution in [0.3, 0.4) is 0 Å². The molecule has 2 heterocycles. The Morgan fingerprint density at radius 3 is 2.69 bits per heavy atom. The number of carbonyl (C=O) groups excluding carboxylic acids is 2. The summed E-state index contributed by atoms with van der Waals surface area (Å²) in [6, 6.07) is 8.79. The molecule has 1 aliphatic heterocycles. The van der Waals surface area contributed by atoms with Crippen molar-refractivity contribution in [2.75, 3.05) is 23.4 Å². The third-order valence-electron chi connectivity index (χ3n) is 4.33. The Hall–Kier alpha value is -1.81. The van der Waals surface area contributed by atoms with Gasteiger partial charge in [-0.2, -0.15) is 0 Å². The molecular weight excluding hydrogens is 480 g/mol. The first-order valence-electron chi connectivity index (χ1n) is 9.12. The van der Waals surface area contributed by atoms with E-state index in [0.717, 1.165) is 35.4 Å². The lowest BCUT2D eigenvalue weighted by Crippen LogP contribution is -2.53. The predicted octanol–water partition coefficient (Wildman–Crippen LogP) is 4.77. The van der Waals surface area contributed by atoms with Crippen LogP contribution in [-0.2, 0) is 4.79 Å². The summed E-state index contributed by atoms with van der Waals surface area (Å²) in [5, 5.41) is 8.35. The summed E-state index contributed by atoms with van der Waals surface area (Å²) < 4.78 is 6.04. The molecule has 29 heavy (non-hydrogen) atoms. The highest BCUT2D eigenvalue weighted by molar-refractivity contribution is 9.11. The summed E-state index contributed by atoms with van der Waals surface area (Å²) in [6.07, 6.45) is 1.53. The lowest BCUT2D eigenvalue weighted by molar-refractivity contribution is -0.121. The van der Waals surface area contributed by atoms with Crippen LogP contribution in [0.4, 0.5) is 16.2 Å². The van der Waals surface area contributed by atoms with Crippen LogP contribution in [0.15, 0.2) is 34.1 Å². The maximum atomic E-state index is 12.7. The number of nitrogens with one attached hydrogen (secondary N) is 3. The number of anilines is 2. The number of carbonyl (C=O) groups is 2. The van der Waals surface area contributed by atoms with Gasteiger partial charge in [-0.15, -0.1) is 0 Å². The van der Waals surface area contributed by atoms with Gasteiger partial charge in [0.1, 0.15) is 5.54 Å². The first kappa shape index (κ1) is 21.9. The molecule has 1 aliphatic rings. The van der Waals surface area contributed by atoms with E-state index >= 15 is 0 Å². The van der Waals surface area contributed by atoms with E-state index in [4.69, 9.17) is 16.3 Å². The highest BCUT2D eigenvalue weighted by Crippen LogP contribution is 2.30. The minimum absolute atomic E-state index is 0.387. The highest BCUT2D eigenvalue weighted by atomic mass is 79.9. The van der Waals surface area contributed by atoms with Crippen molar-refractivity contribution in [2.45, 2.75) is 32.2 Å².